The molecule has 0 fully saturated rings. The summed E-state index contributed by atoms with van der Waals surface area (Å²) >= 11 is 0. The number of allylic oxidation sites excluding steroid dienone is 28. The summed E-state index contributed by atoms with van der Waals surface area (Å²) in [6, 6.07) is 0. The Hall–Kier alpha value is -5.58. The quantitative estimate of drug-likeness (QED) is 0.0169. The average Bonchev–Trinajstić information content (AvgIpc) is 0.906. The summed E-state index contributed by atoms with van der Waals surface area (Å²) in [5.74, 6) is -2.31. The van der Waals surface area contributed by atoms with Crippen LogP contribution in [0.1, 0.15) is 323 Å². The normalized spacial score (nSPS) is 14.6. The van der Waals surface area contributed by atoms with Gasteiger partial charge < -0.3 is 33.8 Å². The number of ether oxygens (including phenoxy) is 4. The van der Waals surface area contributed by atoms with Crippen LogP contribution in [0.5, 0.6) is 0 Å². The number of esters is 4. The van der Waals surface area contributed by atoms with Gasteiger partial charge in [-0.1, -0.05) is 307 Å². The SMILES string of the molecule is CC/C=C\C/C=C\C/C=C\C/C=C\C/C=C\C/C=C\CCC(=O)OCC(COP(=O)(O)OCC(O)COP(=O)(O)OCC(COC(=O)CCCCCCCC/C=C\C/C=C\C/C=C\C/C=C\CC)OC(=O)CCCCCCC/C=C\CCCCCCCC)OC(=O)CCCCCCCCC/C=C\C/C=C\C/C=C\CC. The number of unbranched alkanes of at least 4 members (excludes halogenated alkanes) is 24. The largest absolute Gasteiger partial charge is 0.472 e. The Labute approximate surface area is 667 Å². The molecule has 0 radical (unpaired) electrons. The highest BCUT2D eigenvalue weighted by atomic mass is 31.2. The fraction of sp³-hybridized carbons (Fsp3) is 0.648. The van der Waals surface area contributed by atoms with Gasteiger partial charge in [0.15, 0.2) is 12.2 Å². The van der Waals surface area contributed by atoms with Crippen molar-refractivity contribution in [2.75, 3.05) is 39.6 Å². The molecule has 0 aliphatic carbocycles. The van der Waals surface area contributed by atoms with E-state index in [9.17, 15) is 43.2 Å². The van der Waals surface area contributed by atoms with Gasteiger partial charge in [-0.15, -0.1) is 0 Å². The zero-order valence-corrected chi connectivity index (χ0v) is 70.4. The third kappa shape index (κ3) is 80.5. The minimum absolute atomic E-state index is 0.0284. The Bertz CT molecular complexity index is 2750. The molecule has 0 bridgehead atoms. The van der Waals surface area contributed by atoms with Crippen molar-refractivity contribution in [1.29, 1.82) is 0 Å². The first-order valence-corrected chi connectivity index (χ1v) is 45.4. The molecule has 0 aromatic rings. The van der Waals surface area contributed by atoms with E-state index in [1.165, 1.54) is 38.5 Å². The summed E-state index contributed by atoms with van der Waals surface area (Å²) in [5.41, 5.74) is 0. The minimum Gasteiger partial charge on any atom is -0.462 e. The third-order valence-corrected chi connectivity index (χ3v) is 19.1. The van der Waals surface area contributed by atoms with Gasteiger partial charge >= 0.3 is 39.5 Å². The molecule has 17 nitrogen and oxygen atoms in total. The molecule has 3 N–H and O–H groups in total. The number of aliphatic hydroxyl groups excluding tert-OH is 1. The lowest BCUT2D eigenvalue weighted by atomic mass is 10.1. The molecule has 0 rings (SSSR count). The molecular formula is C91H150O17P2. The maximum Gasteiger partial charge on any atom is 0.472 e. The lowest BCUT2D eigenvalue weighted by Gasteiger charge is -2.21. The number of hydrogen-bond acceptors (Lipinski definition) is 15. The van der Waals surface area contributed by atoms with Crippen LogP contribution in [-0.4, -0.2) is 96.7 Å². The van der Waals surface area contributed by atoms with Gasteiger partial charge in [0, 0.05) is 25.7 Å². The number of phosphoric acid groups is 2. The molecule has 0 aliphatic rings. The number of hydrogen-bond donors (Lipinski definition) is 3. The first kappa shape index (κ1) is 104. The van der Waals surface area contributed by atoms with Crippen LogP contribution >= 0.6 is 15.6 Å². The van der Waals surface area contributed by atoms with Gasteiger partial charge in [0.25, 0.3) is 0 Å². The van der Waals surface area contributed by atoms with Gasteiger partial charge in [0.05, 0.1) is 26.4 Å². The van der Waals surface area contributed by atoms with E-state index in [0.717, 1.165) is 199 Å². The van der Waals surface area contributed by atoms with E-state index in [2.05, 4.69) is 180 Å². The summed E-state index contributed by atoms with van der Waals surface area (Å²) in [5, 5.41) is 10.7. The maximum absolute atomic E-state index is 13.1. The highest BCUT2D eigenvalue weighted by Crippen LogP contribution is 2.45. The number of phosphoric ester groups is 2. The van der Waals surface area contributed by atoms with E-state index >= 15 is 0 Å². The topological polar surface area (TPSA) is 237 Å². The lowest BCUT2D eigenvalue weighted by Crippen LogP contribution is -2.30. The second kappa shape index (κ2) is 81.4. The van der Waals surface area contributed by atoms with Gasteiger partial charge in [-0.2, -0.15) is 0 Å². The summed E-state index contributed by atoms with van der Waals surface area (Å²) in [6.07, 6.45) is 97.6. The van der Waals surface area contributed by atoms with Crippen molar-refractivity contribution in [3.05, 3.63) is 170 Å². The van der Waals surface area contributed by atoms with E-state index in [-0.39, 0.29) is 25.7 Å². The van der Waals surface area contributed by atoms with Crippen LogP contribution in [-0.2, 0) is 65.4 Å². The summed E-state index contributed by atoms with van der Waals surface area (Å²) in [7, 11) is -10.0. The van der Waals surface area contributed by atoms with Gasteiger partial charge in [-0.25, -0.2) is 9.13 Å². The van der Waals surface area contributed by atoms with Crippen molar-refractivity contribution in [3.8, 4) is 0 Å². The van der Waals surface area contributed by atoms with Gasteiger partial charge in [-0.05, 0) is 161 Å². The predicted molar refractivity (Wildman–Crippen MR) is 454 cm³/mol. The van der Waals surface area contributed by atoms with Crippen molar-refractivity contribution in [1.82, 2.24) is 0 Å². The molecular weight excluding hydrogens is 1430 g/mol. The molecule has 0 saturated carbocycles. The average molecular weight is 1580 g/mol. The predicted octanol–water partition coefficient (Wildman–Crippen LogP) is 25.3. The van der Waals surface area contributed by atoms with Gasteiger partial charge in [0.1, 0.15) is 19.3 Å². The minimum atomic E-state index is -5.01. The van der Waals surface area contributed by atoms with Crippen LogP contribution in [0.4, 0.5) is 0 Å². The molecule has 0 aromatic carbocycles. The number of aliphatic hydroxyl groups is 1. The second-order valence-electron chi connectivity index (χ2n) is 27.6. The van der Waals surface area contributed by atoms with Crippen LogP contribution < -0.4 is 0 Å². The first-order valence-electron chi connectivity index (χ1n) is 42.4. The lowest BCUT2D eigenvalue weighted by molar-refractivity contribution is -0.161. The monoisotopic (exact) mass is 1580 g/mol. The zero-order chi connectivity index (χ0) is 80.3. The maximum atomic E-state index is 13.1. The van der Waals surface area contributed by atoms with Gasteiger partial charge in [-0.3, -0.25) is 37.3 Å². The Morgan fingerprint density at radius 1 is 0.264 bits per heavy atom. The molecule has 0 aromatic heterocycles. The molecule has 0 spiro atoms. The van der Waals surface area contributed by atoms with Gasteiger partial charge in [0.2, 0.25) is 0 Å². The van der Waals surface area contributed by atoms with E-state index < -0.39 is 97.5 Å². The molecule has 626 valence electrons. The molecule has 110 heavy (non-hydrogen) atoms. The Kier molecular flexibility index (Phi) is 77.3. The number of rotatable bonds is 78. The summed E-state index contributed by atoms with van der Waals surface area (Å²) in [4.78, 5) is 73.2. The highest BCUT2D eigenvalue weighted by Gasteiger charge is 2.30. The number of carbonyl (C=O) groups excluding carboxylic acids is 4. The molecule has 0 aliphatic heterocycles. The van der Waals surface area contributed by atoms with Crippen molar-refractivity contribution in [3.63, 3.8) is 0 Å². The molecule has 5 unspecified atom stereocenters. The molecule has 5 atom stereocenters. The Balaban J connectivity index is 5.47. The molecule has 0 amide bonds. The smallest absolute Gasteiger partial charge is 0.462 e. The molecule has 0 saturated heterocycles. The third-order valence-electron chi connectivity index (χ3n) is 17.2. The number of carbonyl (C=O) groups is 4. The van der Waals surface area contributed by atoms with Crippen LogP contribution in [0, 0.1) is 0 Å². The zero-order valence-electron chi connectivity index (χ0n) is 68.6. The van der Waals surface area contributed by atoms with Crippen LogP contribution in [0.15, 0.2) is 170 Å². The van der Waals surface area contributed by atoms with E-state index in [1.54, 1.807) is 0 Å². The van der Waals surface area contributed by atoms with Crippen molar-refractivity contribution in [2.45, 2.75) is 341 Å². The van der Waals surface area contributed by atoms with E-state index in [0.29, 0.717) is 32.1 Å². The first-order chi connectivity index (χ1) is 53.7. The van der Waals surface area contributed by atoms with Crippen LogP contribution in [0.2, 0.25) is 0 Å². The van der Waals surface area contributed by atoms with E-state index in [4.69, 9.17) is 37.0 Å². The summed E-state index contributed by atoms with van der Waals surface area (Å²) in [6.45, 7) is 4.43. The van der Waals surface area contributed by atoms with Crippen LogP contribution in [0.25, 0.3) is 0 Å². The summed E-state index contributed by atoms with van der Waals surface area (Å²) < 4.78 is 68.7. The highest BCUT2D eigenvalue weighted by molar-refractivity contribution is 7.47. The fourth-order valence-corrected chi connectivity index (χ4v) is 12.4. The molecule has 0 heterocycles. The van der Waals surface area contributed by atoms with Crippen LogP contribution in [0.3, 0.4) is 0 Å². The van der Waals surface area contributed by atoms with Crippen molar-refractivity contribution < 1.29 is 80.2 Å². The van der Waals surface area contributed by atoms with Crippen molar-refractivity contribution in [2.24, 2.45) is 0 Å². The fourth-order valence-electron chi connectivity index (χ4n) is 10.8. The Morgan fingerprint density at radius 3 is 0.791 bits per heavy atom. The molecule has 19 heteroatoms. The Morgan fingerprint density at radius 2 is 0.491 bits per heavy atom. The standard InChI is InChI=1S/C91H150O17P2/c1-5-9-13-17-21-25-29-33-37-40-42-45-48-51-55-59-63-67-71-75-88(93)101-81-86(107-90(95)77-73-69-65-61-57-53-47-36-32-28-24-20-16-12-8-4)83-105-109(97,98)103-79-85(92)80-104-110(99,100)106-84-87(108-91(96)78-74-70-66-62-58-54-50-44-39-35-31-27-23-19-15-11-7-3)82-102-89(94)76-72-68-64-60-56-52-49-46-43-41-38-34-30-26-22-18-14-10-6-2/h9-11,13-15,21-23,25-27,33-39,42-43,45-47,52,56,64,68,85-87,92H,5-8,12,16-20,24,28-32,40-41,44,48-51,53-55,57-63,65-67,69-84H2,1-4H3,(H,97,98)(H,99,100)/b13-9-,14-10-,15-11-,25-21-,26-22-,27-23-,37-33-,38-34-,39-35-,45-42-,46-43-,47-36-,56-52-,68-64-. The van der Waals surface area contributed by atoms with Crippen molar-refractivity contribution >= 4 is 39.5 Å². The second-order valence-corrected chi connectivity index (χ2v) is 30.5. The van der Waals surface area contributed by atoms with E-state index in [1.807, 2.05) is 18.2 Å².